The van der Waals surface area contributed by atoms with E-state index in [-0.39, 0.29) is 11.0 Å². The predicted molar refractivity (Wildman–Crippen MR) is 139 cm³/mol. The minimum absolute atomic E-state index is 0.265. The van der Waals surface area contributed by atoms with Gasteiger partial charge in [-0.05, 0) is 52.9 Å². The largest absolute Gasteiger partial charge is 0.373 e. The van der Waals surface area contributed by atoms with Crippen LogP contribution in [-0.4, -0.2) is 50.7 Å². The van der Waals surface area contributed by atoms with Crippen molar-refractivity contribution in [2.45, 2.75) is 25.7 Å². The number of anilines is 3. The van der Waals surface area contributed by atoms with Crippen molar-refractivity contribution in [3.63, 3.8) is 0 Å². The Morgan fingerprint density at radius 2 is 1.89 bits per heavy atom. The number of amides is 1. The number of pyridine rings is 2. The fraction of sp³-hybridized carbons (Fsp3) is 0.320. The molecule has 0 aliphatic carbocycles. The Morgan fingerprint density at radius 3 is 2.57 bits per heavy atom. The maximum atomic E-state index is 12.5. The highest BCUT2D eigenvalue weighted by Gasteiger charge is 2.39. The minimum Gasteiger partial charge on any atom is -0.373 e. The maximum absolute atomic E-state index is 12.5. The van der Waals surface area contributed by atoms with Gasteiger partial charge in [0.05, 0.1) is 17.5 Å². The molecule has 1 aliphatic rings. The molecule has 3 aromatic rings. The zero-order chi connectivity index (χ0) is 25.4. The molecule has 0 saturated heterocycles. The van der Waals surface area contributed by atoms with Crippen molar-refractivity contribution in [1.29, 1.82) is 0 Å². The van der Waals surface area contributed by atoms with E-state index in [0.717, 1.165) is 16.9 Å². The molecule has 4 rings (SSSR count). The molecule has 0 spiro atoms. The fourth-order valence-corrected chi connectivity index (χ4v) is 5.55. The number of hydrogen-bond donors (Lipinski definition) is 3. The lowest BCUT2D eigenvalue weighted by Crippen LogP contribution is -2.33. The molecule has 1 aromatic carbocycles. The van der Waals surface area contributed by atoms with E-state index in [1.54, 1.807) is 18.5 Å². The fourth-order valence-electron chi connectivity index (χ4n) is 4.48. The first-order valence-electron chi connectivity index (χ1n) is 11.3. The summed E-state index contributed by atoms with van der Waals surface area (Å²) in [5.74, 6) is 0.555. The summed E-state index contributed by atoms with van der Waals surface area (Å²) in [6.07, 6.45) is 5.25. The minimum atomic E-state index is -3.46. The van der Waals surface area contributed by atoms with Crippen LogP contribution in [0.15, 0.2) is 48.8 Å². The van der Waals surface area contributed by atoms with Gasteiger partial charge < -0.3 is 16.4 Å². The van der Waals surface area contributed by atoms with Gasteiger partial charge in [0.25, 0.3) is 5.91 Å². The van der Waals surface area contributed by atoms with Gasteiger partial charge in [-0.3, -0.25) is 9.10 Å². The molecule has 9 nitrogen and oxygen atoms in total. The molecule has 0 fully saturated rings. The summed E-state index contributed by atoms with van der Waals surface area (Å²) >= 11 is 0. The van der Waals surface area contributed by atoms with E-state index in [4.69, 9.17) is 5.73 Å². The number of carbonyl (C=O) groups excluding carboxylic acids is 1. The average Bonchev–Trinajstić information content (AvgIpc) is 3.09. The third-order valence-electron chi connectivity index (χ3n) is 6.23. The van der Waals surface area contributed by atoms with E-state index in [2.05, 4.69) is 20.6 Å². The highest BCUT2D eigenvalue weighted by molar-refractivity contribution is 7.92. The standard InChI is InChI=1S/C25H30N6O3S/c1-25(2)15-31(35(4,33)34)20-14-17(5-6-19(20)25)18-9-12-30-24(22(18)23(26)32)29-11-8-16-7-10-28-21(13-16)27-3/h5-7,9-10,12-14H,8,11,15H2,1-4H3,(H2,26,32)(H,27,28)(H,29,30). The third kappa shape index (κ3) is 4.93. The monoisotopic (exact) mass is 494 g/mol. The van der Waals surface area contributed by atoms with Gasteiger partial charge >= 0.3 is 0 Å². The normalized spacial score (nSPS) is 14.5. The van der Waals surface area contributed by atoms with E-state index in [0.29, 0.717) is 42.1 Å². The van der Waals surface area contributed by atoms with Crippen LogP contribution in [0, 0.1) is 0 Å². The molecule has 35 heavy (non-hydrogen) atoms. The van der Waals surface area contributed by atoms with Gasteiger partial charge in [0.1, 0.15) is 11.6 Å². The summed E-state index contributed by atoms with van der Waals surface area (Å²) in [5.41, 5.74) is 9.66. The number of nitrogens with two attached hydrogens (primary N) is 1. The van der Waals surface area contributed by atoms with Gasteiger partial charge in [0.2, 0.25) is 10.0 Å². The number of primary amides is 1. The number of fused-ring (bicyclic) bond motifs is 1. The molecule has 4 N–H and O–H groups in total. The maximum Gasteiger partial charge on any atom is 0.253 e. The molecule has 0 atom stereocenters. The number of nitrogens with zero attached hydrogens (tertiary/aromatic N) is 3. The number of rotatable bonds is 8. The van der Waals surface area contributed by atoms with Crippen molar-refractivity contribution in [2.24, 2.45) is 5.73 Å². The number of nitrogens with one attached hydrogen (secondary N) is 2. The quantitative estimate of drug-likeness (QED) is 0.439. The third-order valence-corrected chi connectivity index (χ3v) is 7.36. The smallest absolute Gasteiger partial charge is 0.253 e. The van der Waals surface area contributed by atoms with Crippen LogP contribution in [0.25, 0.3) is 11.1 Å². The number of aromatic nitrogens is 2. The van der Waals surface area contributed by atoms with Crippen LogP contribution >= 0.6 is 0 Å². The van der Waals surface area contributed by atoms with Gasteiger partial charge in [0.15, 0.2) is 0 Å². The lowest BCUT2D eigenvalue weighted by Gasteiger charge is -2.20. The second-order valence-corrected chi connectivity index (χ2v) is 11.2. The molecule has 0 saturated carbocycles. The molecule has 0 bridgehead atoms. The summed E-state index contributed by atoms with van der Waals surface area (Å²) in [6, 6.07) is 11.2. The summed E-state index contributed by atoms with van der Waals surface area (Å²) in [5, 5.41) is 6.24. The Morgan fingerprint density at radius 1 is 1.14 bits per heavy atom. The van der Waals surface area contributed by atoms with Crippen molar-refractivity contribution in [1.82, 2.24) is 9.97 Å². The second kappa shape index (κ2) is 9.18. The van der Waals surface area contributed by atoms with Crippen LogP contribution in [0.4, 0.5) is 17.3 Å². The molecular weight excluding hydrogens is 464 g/mol. The Labute approximate surface area is 205 Å². The topological polar surface area (TPSA) is 130 Å². The van der Waals surface area contributed by atoms with E-state index in [9.17, 15) is 13.2 Å². The SMILES string of the molecule is CNc1cc(CCNc2nccc(-c3ccc4c(c3)N(S(C)(=O)=O)CC4(C)C)c2C(N)=O)ccn1. The number of carbonyl (C=O) groups is 1. The molecule has 3 heterocycles. The number of benzene rings is 1. The summed E-state index contributed by atoms with van der Waals surface area (Å²) in [4.78, 5) is 21.1. The van der Waals surface area contributed by atoms with Crippen LogP contribution in [-0.2, 0) is 21.9 Å². The predicted octanol–water partition coefficient (Wildman–Crippen LogP) is 3.00. The van der Waals surface area contributed by atoms with Gasteiger partial charge in [-0.2, -0.15) is 0 Å². The van der Waals surface area contributed by atoms with E-state index in [1.165, 1.54) is 10.6 Å². The zero-order valence-corrected chi connectivity index (χ0v) is 21.1. The van der Waals surface area contributed by atoms with Gasteiger partial charge in [0, 0.05) is 37.9 Å². The van der Waals surface area contributed by atoms with Crippen LogP contribution in [0.5, 0.6) is 0 Å². The first-order chi connectivity index (χ1) is 16.5. The first kappa shape index (κ1) is 24.5. The Bertz CT molecular complexity index is 1390. The van der Waals surface area contributed by atoms with E-state index >= 15 is 0 Å². The van der Waals surface area contributed by atoms with Crippen molar-refractivity contribution >= 4 is 33.3 Å². The summed E-state index contributed by atoms with van der Waals surface area (Å²) in [7, 11) is -1.64. The molecule has 0 radical (unpaired) electrons. The van der Waals surface area contributed by atoms with Gasteiger partial charge in [-0.15, -0.1) is 0 Å². The Hall–Kier alpha value is -3.66. The highest BCUT2D eigenvalue weighted by atomic mass is 32.2. The number of sulfonamides is 1. The molecule has 10 heteroatoms. The average molecular weight is 495 g/mol. The summed E-state index contributed by atoms with van der Waals surface area (Å²) in [6.45, 7) is 4.93. The van der Waals surface area contributed by atoms with E-state index in [1.807, 2.05) is 51.2 Å². The van der Waals surface area contributed by atoms with Gasteiger partial charge in [-0.25, -0.2) is 18.4 Å². The Kier molecular flexibility index (Phi) is 6.42. The van der Waals surface area contributed by atoms with Crippen LogP contribution in [0.3, 0.4) is 0 Å². The first-order valence-corrected chi connectivity index (χ1v) is 13.1. The highest BCUT2D eigenvalue weighted by Crippen LogP contribution is 2.44. The summed E-state index contributed by atoms with van der Waals surface area (Å²) < 4.78 is 26.3. The van der Waals surface area contributed by atoms with E-state index < -0.39 is 15.9 Å². The van der Waals surface area contributed by atoms with Crippen molar-refractivity contribution < 1.29 is 13.2 Å². The molecule has 1 aliphatic heterocycles. The zero-order valence-electron chi connectivity index (χ0n) is 20.3. The van der Waals surface area contributed by atoms with Crippen molar-refractivity contribution in [3.8, 4) is 11.1 Å². The van der Waals surface area contributed by atoms with Crippen molar-refractivity contribution in [3.05, 3.63) is 65.5 Å². The molecule has 2 aromatic heterocycles. The number of hydrogen-bond acceptors (Lipinski definition) is 7. The Balaban J connectivity index is 1.67. The van der Waals surface area contributed by atoms with Gasteiger partial charge in [-0.1, -0.05) is 26.0 Å². The molecule has 1 amide bonds. The van der Waals surface area contributed by atoms with Crippen LogP contribution in [0.1, 0.15) is 35.3 Å². The lowest BCUT2D eigenvalue weighted by atomic mass is 9.86. The molecular formula is C25H30N6O3S. The van der Waals surface area contributed by atoms with Crippen molar-refractivity contribution in [2.75, 3.05) is 41.3 Å². The molecule has 184 valence electrons. The lowest BCUT2D eigenvalue weighted by molar-refractivity contribution is 0.100. The van der Waals surface area contributed by atoms with Crippen LogP contribution in [0.2, 0.25) is 0 Å². The molecule has 0 unspecified atom stereocenters. The van der Waals surface area contributed by atoms with Crippen LogP contribution < -0.4 is 20.7 Å². The second-order valence-electron chi connectivity index (χ2n) is 9.31.